The van der Waals surface area contributed by atoms with Crippen LogP contribution in [0.15, 0.2) is 30.3 Å². The summed E-state index contributed by atoms with van der Waals surface area (Å²) in [5, 5.41) is 8.67. The third kappa shape index (κ3) is 5.40. The monoisotopic (exact) mass is 245 g/mol. The molecule has 3 heteroatoms. The Balaban J connectivity index is 2.56. The number of para-hydroxylation sites is 1. The van der Waals surface area contributed by atoms with Crippen molar-refractivity contribution in [1.82, 2.24) is 0 Å². The van der Waals surface area contributed by atoms with E-state index >= 15 is 0 Å². The van der Waals surface area contributed by atoms with Gasteiger partial charge in [-0.3, -0.25) is 4.79 Å². The number of hydrogen-bond acceptors (Lipinski definition) is 2. The maximum atomic E-state index is 10.5. The average Bonchev–Trinajstić information content (AvgIpc) is 2.38. The number of carbonyl (C=O) groups is 1. The van der Waals surface area contributed by atoms with Gasteiger partial charge in [0, 0.05) is 31.6 Å². The predicted octanol–water partition coefficient (Wildman–Crippen LogP) is 2.77. The lowest BCUT2D eigenvalue weighted by molar-refractivity contribution is -0.137. The third-order valence-corrected chi connectivity index (χ3v) is 2.62. The molecule has 18 heavy (non-hydrogen) atoms. The molecule has 0 aromatic heterocycles. The normalized spacial score (nSPS) is 9.39. The number of carboxylic acid groups (broad SMARTS) is 1. The van der Waals surface area contributed by atoms with Gasteiger partial charge >= 0.3 is 5.97 Å². The van der Waals surface area contributed by atoms with Crippen molar-refractivity contribution >= 4 is 11.7 Å². The molecule has 96 valence electrons. The first kappa shape index (κ1) is 14.1. The van der Waals surface area contributed by atoms with Crippen LogP contribution < -0.4 is 4.90 Å². The van der Waals surface area contributed by atoms with E-state index in [1.165, 1.54) is 0 Å². The molecule has 0 saturated carbocycles. The van der Waals surface area contributed by atoms with Crippen molar-refractivity contribution in [2.75, 3.05) is 18.0 Å². The van der Waals surface area contributed by atoms with Crippen molar-refractivity contribution in [2.45, 2.75) is 26.2 Å². The Morgan fingerprint density at radius 2 is 2.00 bits per heavy atom. The molecule has 0 saturated heterocycles. The molecule has 0 heterocycles. The van der Waals surface area contributed by atoms with Gasteiger partial charge in [-0.15, -0.1) is 11.8 Å². The van der Waals surface area contributed by atoms with Crippen LogP contribution >= 0.6 is 0 Å². The largest absolute Gasteiger partial charge is 0.481 e. The van der Waals surface area contributed by atoms with Crippen LogP contribution in [0.2, 0.25) is 0 Å². The molecule has 0 bridgehead atoms. The second-order valence-electron chi connectivity index (χ2n) is 4.00. The van der Waals surface area contributed by atoms with Crippen molar-refractivity contribution in [3.05, 3.63) is 30.3 Å². The maximum Gasteiger partial charge on any atom is 0.303 e. The number of hydrogen-bond donors (Lipinski definition) is 1. The van der Waals surface area contributed by atoms with Gasteiger partial charge in [0.25, 0.3) is 0 Å². The van der Waals surface area contributed by atoms with Gasteiger partial charge in [0.05, 0.1) is 0 Å². The van der Waals surface area contributed by atoms with Crippen LogP contribution in [0.25, 0.3) is 0 Å². The van der Waals surface area contributed by atoms with E-state index in [0.717, 1.165) is 25.2 Å². The van der Waals surface area contributed by atoms with Gasteiger partial charge in [0.2, 0.25) is 0 Å². The zero-order chi connectivity index (χ0) is 13.2. The summed E-state index contributed by atoms with van der Waals surface area (Å²) in [6, 6.07) is 10.0. The fraction of sp³-hybridized carbons (Fsp3) is 0.400. The molecule has 0 unspecified atom stereocenters. The number of aliphatic carboxylic acids is 1. The highest BCUT2D eigenvalue weighted by molar-refractivity contribution is 5.66. The lowest BCUT2D eigenvalue weighted by Gasteiger charge is -2.23. The highest BCUT2D eigenvalue weighted by Crippen LogP contribution is 2.14. The molecule has 0 radical (unpaired) electrons. The maximum absolute atomic E-state index is 10.5. The Labute approximate surface area is 108 Å². The number of benzene rings is 1. The number of carboxylic acids is 1. The van der Waals surface area contributed by atoms with Gasteiger partial charge in [-0.1, -0.05) is 18.2 Å². The molecule has 0 atom stereocenters. The number of rotatable bonds is 7. The molecule has 0 spiro atoms. The summed E-state index contributed by atoms with van der Waals surface area (Å²) in [6.07, 6.45) is 1.67. The zero-order valence-corrected chi connectivity index (χ0v) is 10.7. The van der Waals surface area contributed by atoms with Gasteiger partial charge < -0.3 is 10.0 Å². The summed E-state index contributed by atoms with van der Waals surface area (Å²) < 4.78 is 0. The van der Waals surface area contributed by atoms with E-state index in [1.54, 1.807) is 0 Å². The van der Waals surface area contributed by atoms with Crippen molar-refractivity contribution in [1.29, 1.82) is 0 Å². The summed E-state index contributed by atoms with van der Waals surface area (Å²) >= 11 is 0. The fourth-order valence-electron chi connectivity index (χ4n) is 1.75. The second-order valence-corrected chi connectivity index (χ2v) is 4.00. The molecular formula is C15H19NO2. The summed E-state index contributed by atoms with van der Waals surface area (Å²) in [7, 11) is 0. The second kappa shape index (κ2) is 8.19. The Hall–Kier alpha value is -1.95. The van der Waals surface area contributed by atoms with Crippen molar-refractivity contribution in [2.24, 2.45) is 0 Å². The van der Waals surface area contributed by atoms with Gasteiger partial charge in [-0.2, -0.15) is 0 Å². The SMILES string of the molecule is CC#CCCN(CCCC(=O)O)c1ccccc1. The zero-order valence-electron chi connectivity index (χ0n) is 10.7. The minimum atomic E-state index is -0.739. The Kier molecular flexibility index (Phi) is 6.42. The molecule has 0 aliphatic rings. The van der Waals surface area contributed by atoms with Crippen LogP contribution in [0, 0.1) is 11.8 Å². The van der Waals surface area contributed by atoms with Crippen molar-refractivity contribution < 1.29 is 9.90 Å². The van der Waals surface area contributed by atoms with Gasteiger partial charge in [-0.25, -0.2) is 0 Å². The van der Waals surface area contributed by atoms with E-state index in [1.807, 2.05) is 37.3 Å². The van der Waals surface area contributed by atoms with E-state index in [0.29, 0.717) is 6.42 Å². The van der Waals surface area contributed by atoms with Crippen LogP contribution in [-0.4, -0.2) is 24.2 Å². The third-order valence-electron chi connectivity index (χ3n) is 2.62. The summed E-state index contributed by atoms with van der Waals surface area (Å²) in [5.74, 6) is 5.18. The molecule has 1 aromatic carbocycles. The van der Waals surface area contributed by atoms with E-state index in [-0.39, 0.29) is 6.42 Å². The van der Waals surface area contributed by atoms with E-state index in [4.69, 9.17) is 5.11 Å². The quantitative estimate of drug-likeness (QED) is 0.751. The predicted molar refractivity (Wildman–Crippen MR) is 73.6 cm³/mol. The molecule has 1 rings (SSSR count). The van der Waals surface area contributed by atoms with Crippen LogP contribution in [0.3, 0.4) is 0 Å². The summed E-state index contributed by atoms with van der Waals surface area (Å²) in [5.41, 5.74) is 1.13. The van der Waals surface area contributed by atoms with E-state index in [9.17, 15) is 4.79 Å². The van der Waals surface area contributed by atoms with Crippen LogP contribution in [0.1, 0.15) is 26.2 Å². The van der Waals surface area contributed by atoms with Crippen LogP contribution in [-0.2, 0) is 4.79 Å². The number of nitrogens with zero attached hydrogens (tertiary/aromatic N) is 1. The summed E-state index contributed by atoms with van der Waals surface area (Å²) in [6.45, 7) is 3.42. The molecule has 1 N–H and O–H groups in total. The van der Waals surface area contributed by atoms with Crippen LogP contribution in [0.4, 0.5) is 5.69 Å². The molecule has 1 aromatic rings. The highest BCUT2D eigenvalue weighted by Gasteiger charge is 2.06. The van der Waals surface area contributed by atoms with Crippen LogP contribution in [0.5, 0.6) is 0 Å². The van der Waals surface area contributed by atoms with Crippen molar-refractivity contribution in [3.8, 4) is 11.8 Å². The Morgan fingerprint density at radius 1 is 1.28 bits per heavy atom. The first-order valence-electron chi connectivity index (χ1n) is 6.15. The Morgan fingerprint density at radius 3 is 2.61 bits per heavy atom. The van der Waals surface area contributed by atoms with Gasteiger partial charge in [-0.05, 0) is 25.5 Å². The Bertz CT molecular complexity index is 417. The van der Waals surface area contributed by atoms with E-state index < -0.39 is 5.97 Å². The number of anilines is 1. The lowest BCUT2D eigenvalue weighted by atomic mass is 10.2. The molecule has 0 aliphatic carbocycles. The molecule has 3 nitrogen and oxygen atoms in total. The average molecular weight is 245 g/mol. The summed E-state index contributed by atoms with van der Waals surface area (Å²) in [4.78, 5) is 12.7. The van der Waals surface area contributed by atoms with E-state index in [2.05, 4.69) is 16.7 Å². The van der Waals surface area contributed by atoms with Gasteiger partial charge in [0.15, 0.2) is 0 Å². The lowest BCUT2D eigenvalue weighted by Crippen LogP contribution is -2.25. The first-order chi connectivity index (χ1) is 8.74. The van der Waals surface area contributed by atoms with Crippen molar-refractivity contribution in [3.63, 3.8) is 0 Å². The minimum absolute atomic E-state index is 0.211. The molecular weight excluding hydrogens is 226 g/mol. The molecule has 0 fully saturated rings. The minimum Gasteiger partial charge on any atom is -0.481 e. The fourth-order valence-corrected chi connectivity index (χ4v) is 1.75. The standard InChI is InChI=1S/C15H19NO2/c1-2-3-7-12-16(13-8-11-15(17)18)14-9-5-4-6-10-14/h4-6,9-10H,7-8,11-13H2,1H3,(H,17,18). The highest BCUT2D eigenvalue weighted by atomic mass is 16.4. The topological polar surface area (TPSA) is 40.5 Å². The molecule has 0 aliphatic heterocycles. The van der Waals surface area contributed by atoms with Gasteiger partial charge in [0.1, 0.15) is 0 Å². The molecule has 0 amide bonds. The smallest absolute Gasteiger partial charge is 0.303 e. The first-order valence-corrected chi connectivity index (χ1v) is 6.15.